The maximum atomic E-state index is 4.50. The van der Waals surface area contributed by atoms with Gasteiger partial charge in [-0.2, -0.15) is 5.10 Å². The van der Waals surface area contributed by atoms with Gasteiger partial charge < -0.3 is 0 Å². The zero-order valence-electron chi connectivity index (χ0n) is 13.2. The monoisotopic (exact) mass is 271 g/mol. The minimum absolute atomic E-state index is 0.415. The summed E-state index contributed by atoms with van der Waals surface area (Å²) in [5.41, 5.74) is 3.82. The second-order valence-corrected chi connectivity index (χ2v) is 6.19. The number of rotatable bonds is 5. The fraction of sp³-hybridized carbons (Fsp3) is 0.529. The van der Waals surface area contributed by atoms with Crippen molar-refractivity contribution in [2.24, 2.45) is 0 Å². The summed E-state index contributed by atoms with van der Waals surface area (Å²) in [7, 11) is 0. The molecule has 3 heteroatoms. The molecule has 0 aromatic carbocycles. The van der Waals surface area contributed by atoms with E-state index >= 15 is 0 Å². The quantitative estimate of drug-likeness (QED) is 0.810. The predicted octanol–water partition coefficient (Wildman–Crippen LogP) is 4.33. The Morgan fingerprint density at radius 1 is 1.10 bits per heavy atom. The van der Waals surface area contributed by atoms with Gasteiger partial charge in [-0.3, -0.25) is 9.67 Å². The number of aromatic nitrogens is 3. The molecular formula is C17H25N3. The third kappa shape index (κ3) is 3.47. The van der Waals surface area contributed by atoms with Crippen molar-refractivity contribution in [3.05, 3.63) is 47.5 Å². The van der Waals surface area contributed by atoms with Crippen LogP contribution in [0.3, 0.4) is 0 Å². The van der Waals surface area contributed by atoms with Crippen LogP contribution in [-0.2, 0) is 6.42 Å². The highest BCUT2D eigenvalue weighted by Crippen LogP contribution is 2.22. The normalized spacial score (nSPS) is 13.2. The fourth-order valence-electron chi connectivity index (χ4n) is 2.29. The van der Waals surface area contributed by atoms with Crippen molar-refractivity contribution in [3.63, 3.8) is 0 Å². The molecule has 0 spiro atoms. The van der Waals surface area contributed by atoms with E-state index in [0.29, 0.717) is 17.9 Å². The number of hydrogen-bond acceptors (Lipinski definition) is 2. The summed E-state index contributed by atoms with van der Waals surface area (Å²) in [6.07, 6.45) is 7.03. The van der Waals surface area contributed by atoms with Crippen LogP contribution in [0.1, 0.15) is 69.3 Å². The number of hydrogen-bond donors (Lipinski definition) is 0. The van der Waals surface area contributed by atoms with Gasteiger partial charge in [0.25, 0.3) is 0 Å². The first-order valence-corrected chi connectivity index (χ1v) is 7.46. The van der Waals surface area contributed by atoms with Crippen LogP contribution in [0, 0.1) is 0 Å². The van der Waals surface area contributed by atoms with Crippen molar-refractivity contribution in [2.75, 3.05) is 0 Å². The Labute approximate surface area is 122 Å². The van der Waals surface area contributed by atoms with Gasteiger partial charge in [-0.1, -0.05) is 20.8 Å². The predicted molar refractivity (Wildman–Crippen MR) is 83.1 cm³/mol. The van der Waals surface area contributed by atoms with Crippen molar-refractivity contribution >= 4 is 0 Å². The van der Waals surface area contributed by atoms with E-state index in [-0.39, 0.29) is 0 Å². The minimum Gasteiger partial charge on any atom is -0.270 e. The summed E-state index contributed by atoms with van der Waals surface area (Å²) in [6, 6.07) is 4.75. The first-order chi connectivity index (χ1) is 9.47. The maximum absolute atomic E-state index is 4.50. The largest absolute Gasteiger partial charge is 0.270 e. The topological polar surface area (TPSA) is 30.7 Å². The van der Waals surface area contributed by atoms with Gasteiger partial charge in [0, 0.05) is 24.1 Å². The van der Waals surface area contributed by atoms with E-state index in [0.717, 1.165) is 6.42 Å². The zero-order valence-corrected chi connectivity index (χ0v) is 13.2. The van der Waals surface area contributed by atoms with E-state index in [4.69, 9.17) is 0 Å². The molecule has 0 fully saturated rings. The molecule has 0 aliphatic heterocycles. The summed E-state index contributed by atoms with van der Waals surface area (Å²) in [5, 5.41) is 4.42. The molecule has 0 saturated carbocycles. The Hall–Kier alpha value is -1.64. The van der Waals surface area contributed by atoms with Crippen molar-refractivity contribution < 1.29 is 0 Å². The highest BCUT2D eigenvalue weighted by atomic mass is 15.3. The molecule has 2 rings (SSSR count). The van der Waals surface area contributed by atoms with Crippen LogP contribution >= 0.6 is 0 Å². The fourth-order valence-corrected chi connectivity index (χ4v) is 2.29. The van der Waals surface area contributed by atoms with Gasteiger partial charge >= 0.3 is 0 Å². The lowest BCUT2D eigenvalue weighted by atomic mass is 9.96. The molecule has 2 heterocycles. The lowest BCUT2D eigenvalue weighted by molar-refractivity contribution is 0.531. The zero-order chi connectivity index (χ0) is 14.7. The number of pyridine rings is 1. The molecule has 0 amide bonds. The van der Waals surface area contributed by atoms with E-state index in [1.165, 1.54) is 16.8 Å². The van der Waals surface area contributed by atoms with Gasteiger partial charge in [0.05, 0.1) is 6.20 Å². The van der Waals surface area contributed by atoms with Gasteiger partial charge in [0.2, 0.25) is 0 Å². The summed E-state index contributed by atoms with van der Waals surface area (Å²) in [6.45, 7) is 11.0. The van der Waals surface area contributed by atoms with Gasteiger partial charge in [-0.05, 0) is 55.4 Å². The summed E-state index contributed by atoms with van der Waals surface area (Å²) in [5.74, 6) is 0.994. The lowest BCUT2D eigenvalue weighted by Gasteiger charge is -2.11. The van der Waals surface area contributed by atoms with Crippen LogP contribution in [0.25, 0.3) is 0 Å². The highest BCUT2D eigenvalue weighted by molar-refractivity contribution is 5.22. The Balaban J connectivity index is 2.10. The first kappa shape index (κ1) is 14.8. The first-order valence-electron chi connectivity index (χ1n) is 7.46. The summed E-state index contributed by atoms with van der Waals surface area (Å²) < 4.78 is 2.02. The Morgan fingerprint density at radius 2 is 1.85 bits per heavy atom. The van der Waals surface area contributed by atoms with E-state index in [1.54, 1.807) is 0 Å². The average molecular weight is 271 g/mol. The van der Waals surface area contributed by atoms with E-state index in [2.05, 4.69) is 63.0 Å². The van der Waals surface area contributed by atoms with Crippen molar-refractivity contribution in [1.29, 1.82) is 0 Å². The van der Waals surface area contributed by atoms with Crippen LogP contribution in [0.15, 0.2) is 30.7 Å². The lowest BCUT2D eigenvalue weighted by Crippen LogP contribution is -2.02. The second kappa shape index (κ2) is 6.21. The van der Waals surface area contributed by atoms with E-state index < -0.39 is 0 Å². The molecule has 0 aliphatic carbocycles. The average Bonchev–Trinajstić information content (AvgIpc) is 2.88. The molecule has 0 bridgehead atoms. The van der Waals surface area contributed by atoms with Crippen LogP contribution in [0.2, 0.25) is 0 Å². The molecule has 1 unspecified atom stereocenters. The third-order valence-electron chi connectivity index (χ3n) is 3.74. The molecule has 20 heavy (non-hydrogen) atoms. The molecule has 3 nitrogen and oxygen atoms in total. The highest BCUT2D eigenvalue weighted by Gasteiger charge is 2.12. The molecule has 0 aliphatic rings. The van der Waals surface area contributed by atoms with E-state index in [1.807, 2.05) is 17.1 Å². The number of nitrogens with zero attached hydrogens (tertiary/aromatic N) is 3. The van der Waals surface area contributed by atoms with Crippen LogP contribution in [0.5, 0.6) is 0 Å². The molecule has 108 valence electrons. The Bertz CT molecular complexity index is 555. The van der Waals surface area contributed by atoms with Crippen molar-refractivity contribution in [3.8, 4) is 0 Å². The summed E-state index contributed by atoms with van der Waals surface area (Å²) >= 11 is 0. The molecule has 1 atom stereocenters. The van der Waals surface area contributed by atoms with Crippen molar-refractivity contribution in [1.82, 2.24) is 14.8 Å². The standard InChI is InChI=1S/C17H25N3/c1-12(2)15-6-7-18-17(9-15)8-14(5)16-10-19-20(11-16)13(3)4/h6-7,9-14H,8H2,1-5H3. The third-order valence-corrected chi connectivity index (χ3v) is 3.74. The second-order valence-electron chi connectivity index (χ2n) is 6.19. The Kier molecular flexibility index (Phi) is 4.58. The molecule has 2 aromatic heterocycles. The molecule has 0 saturated heterocycles. The molecule has 0 radical (unpaired) electrons. The van der Waals surface area contributed by atoms with E-state index in [9.17, 15) is 0 Å². The minimum atomic E-state index is 0.415. The van der Waals surface area contributed by atoms with Gasteiger partial charge in [0.15, 0.2) is 0 Å². The molecular weight excluding hydrogens is 246 g/mol. The SMILES string of the molecule is CC(C)c1ccnc(CC(C)c2cnn(C(C)C)c2)c1. The molecule has 0 N–H and O–H groups in total. The smallest absolute Gasteiger partial charge is 0.0524 e. The van der Waals surface area contributed by atoms with Crippen molar-refractivity contribution in [2.45, 2.75) is 58.9 Å². The Morgan fingerprint density at radius 3 is 2.45 bits per heavy atom. The maximum Gasteiger partial charge on any atom is 0.0524 e. The van der Waals surface area contributed by atoms with Crippen LogP contribution in [-0.4, -0.2) is 14.8 Å². The van der Waals surface area contributed by atoms with Gasteiger partial charge in [0.1, 0.15) is 0 Å². The van der Waals surface area contributed by atoms with Gasteiger partial charge in [-0.25, -0.2) is 0 Å². The summed E-state index contributed by atoms with van der Waals surface area (Å²) in [4.78, 5) is 4.50. The van der Waals surface area contributed by atoms with Crippen LogP contribution < -0.4 is 0 Å². The van der Waals surface area contributed by atoms with Gasteiger partial charge in [-0.15, -0.1) is 0 Å². The molecule has 2 aromatic rings. The van der Waals surface area contributed by atoms with Crippen LogP contribution in [0.4, 0.5) is 0 Å².